The van der Waals surface area contributed by atoms with Crippen molar-refractivity contribution in [1.29, 1.82) is 0 Å². The fraction of sp³-hybridized carbons (Fsp3) is 0.278. The van der Waals surface area contributed by atoms with Crippen LogP contribution in [0, 0.1) is 10.1 Å². The number of non-ortho nitro benzene ring substituents is 1. The summed E-state index contributed by atoms with van der Waals surface area (Å²) in [6.45, 7) is 0.808. The van der Waals surface area contributed by atoms with Crippen molar-refractivity contribution in [3.63, 3.8) is 0 Å². The van der Waals surface area contributed by atoms with E-state index in [1.165, 1.54) is 36.4 Å². The zero-order valence-electron chi connectivity index (χ0n) is 14.5. The summed E-state index contributed by atoms with van der Waals surface area (Å²) in [5, 5.41) is 13.2. The van der Waals surface area contributed by atoms with E-state index in [4.69, 9.17) is 0 Å². The average molecular weight is 381 g/mol. The predicted molar refractivity (Wildman–Crippen MR) is 94.1 cm³/mol. The summed E-state index contributed by atoms with van der Waals surface area (Å²) in [7, 11) is 1.76. The lowest BCUT2D eigenvalue weighted by molar-refractivity contribution is -0.384. The van der Waals surface area contributed by atoms with E-state index in [-0.39, 0.29) is 18.0 Å². The van der Waals surface area contributed by atoms with Gasteiger partial charge in [-0.3, -0.25) is 14.9 Å². The summed E-state index contributed by atoms with van der Waals surface area (Å²) in [6, 6.07) is 10.4. The second-order valence-electron chi connectivity index (χ2n) is 6.03. The van der Waals surface area contributed by atoms with Crippen LogP contribution in [0.25, 0.3) is 0 Å². The highest BCUT2D eigenvalue weighted by Crippen LogP contribution is 2.29. The number of anilines is 1. The molecule has 0 aliphatic carbocycles. The van der Waals surface area contributed by atoms with Crippen molar-refractivity contribution >= 4 is 17.3 Å². The van der Waals surface area contributed by atoms with E-state index < -0.39 is 16.7 Å². The van der Waals surface area contributed by atoms with E-state index in [2.05, 4.69) is 5.32 Å². The molecule has 0 radical (unpaired) electrons. The Labute approximate surface area is 153 Å². The van der Waals surface area contributed by atoms with Gasteiger partial charge < -0.3 is 10.2 Å². The maximum atomic E-state index is 12.5. The Kier molecular flexibility index (Phi) is 6.51. The smallest absolute Gasteiger partial charge is 0.326 e. The van der Waals surface area contributed by atoms with Gasteiger partial charge in [0.05, 0.1) is 10.5 Å². The van der Waals surface area contributed by atoms with Gasteiger partial charge in [0.25, 0.3) is 5.69 Å². The fourth-order valence-corrected chi connectivity index (χ4v) is 2.37. The SMILES string of the molecule is CN(CCC(=O)Nc1ccc([N+](=O)[O-])cc1)Cc1ccc(C(F)(F)F)cc1. The van der Waals surface area contributed by atoms with E-state index in [0.29, 0.717) is 24.3 Å². The number of hydrogen-bond donors (Lipinski definition) is 1. The molecule has 9 heteroatoms. The van der Waals surface area contributed by atoms with Crippen LogP contribution < -0.4 is 5.32 Å². The molecule has 27 heavy (non-hydrogen) atoms. The topological polar surface area (TPSA) is 75.5 Å². The van der Waals surface area contributed by atoms with Gasteiger partial charge in [0.2, 0.25) is 5.91 Å². The van der Waals surface area contributed by atoms with Crippen LogP contribution in [-0.4, -0.2) is 29.3 Å². The van der Waals surface area contributed by atoms with Gasteiger partial charge >= 0.3 is 6.18 Å². The number of carbonyl (C=O) groups is 1. The van der Waals surface area contributed by atoms with Gasteiger partial charge in [-0.05, 0) is 36.9 Å². The highest BCUT2D eigenvalue weighted by molar-refractivity contribution is 5.90. The van der Waals surface area contributed by atoms with E-state index >= 15 is 0 Å². The lowest BCUT2D eigenvalue weighted by Gasteiger charge is -2.17. The number of nitro groups is 1. The molecule has 0 heterocycles. The van der Waals surface area contributed by atoms with Crippen LogP contribution in [0.5, 0.6) is 0 Å². The second kappa shape index (κ2) is 8.63. The normalized spacial score (nSPS) is 11.4. The number of rotatable bonds is 7. The molecule has 0 saturated carbocycles. The van der Waals surface area contributed by atoms with E-state index in [0.717, 1.165) is 12.1 Å². The largest absolute Gasteiger partial charge is 0.416 e. The molecule has 2 rings (SSSR count). The molecule has 144 valence electrons. The number of hydrogen-bond acceptors (Lipinski definition) is 4. The second-order valence-corrected chi connectivity index (χ2v) is 6.03. The molecular weight excluding hydrogens is 363 g/mol. The van der Waals surface area contributed by atoms with Crippen molar-refractivity contribution < 1.29 is 22.9 Å². The number of carbonyl (C=O) groups excluding carboxylic acids is 1. The Balaban J connectivity index is 1.80. The van der Waals surface area contributed by atoms with Crippen molar-refractivity contribution in [2.45, 2.75) is 19.1 Å². The Morgan fingerprint density at radius 2 is 1.70 bits per heavy atom. The van der Waals surface area contributed by atoms with Crippen molar-refractivity contribution in [3.05, 3.63) is 69.8 Å². The van der Waals surface area contributed by atoms with Crippen LogP contribution in [0.2, 0.25) is 0 Å². The molecule has 0 aliphatic heterocycles. The number of nitrogens with one attached hydrogen (secondary N) is 1. The molecule has 0 aliphatic rings. The first-order chi connectivity index (χ1) is 12.6. The number of benzene rings is 2. The lowest BCUT2D eigenvalue weighted by Crippen LogP contribution is -2.24. The van der Waals surface area contributed by atoms with Gasteiger partial charge in [-0.1, -0.05) is 12.1 Å². The minimum atomic E-state index is -4.36. The number of halogens is 3. The maximum Gasteiger partial charge on any atom is 0.416 e. The Hall–Kier alpha value is -2.94. The number of nitrogens with zero attached hydrogens (tertiary/aromatic N) is 2. The quantitative estimate of drug-likeness (QED) is 0.579. The van der Waals surface area contributed by atoms with Crippen LogP contribution in [-0.2, 0) is 17.5 Å². The highest BCUT2D eigenvalue weighted by atomic mass is 19.4. The zero-order valence-corrected chi connectivity index (χ0v) is 14.5. The summed E-state index contributed by atoms with van der Waals surface area (Å²) in [6.07, 6.45) is -4.19. The van der Waals surface area contributed by atoms with Crippen LogP contribution in [0.1, 0.15) is 17.5 Å². The number of alkyl halides is 3. The van der Waals surface area contributed by atoms with Crippen molar-refractivity contribution in [1.82, 2.24) is 4.90 Å². The van der Waals surface area contributed by atoms with Gasteiger partial charge in [-0.15, -0.1) is 0 Å². The molecule has 2 aromatic rings. The van der Waals surface area contributed by atoms with Gasteiger partial charge in [-0.25, -0.2) is 0 Å². The van der Waals surface area contributed by atoms with Gasteiger partial charge in [0, 0.05) is 37.3 Å². The van der Waals surface area contributed by atoms with Crippen molar-refractivity contribution in [2.75, 3.05) is 18.9 Å². The molecule has 1 N–H and O–H groups in total. The minimum Gasteiger partial charge on any atom is -0.326 e. The first-order valence-electron chi connectivity index (χ1n) is 8.04. The first kappa shape index (κ1) is 20.4. The van der Waals surface area contributed by atoms with Crippen molar-refractivity contribution in [3.8, 4) is 0 Å². The summed E-state index contributed by atoms with van der Waals surface area (Å²) in [5.41, 5.74) is 0.401. The molecule has 2 aromatic carbocycles. The van der Waals surface area contributed by atoms with Crippen molar-refractivity contribution in [2.24, 2.45) is 0 Å². The number of amides is 1. The monoisotopic (exact) mass is 381 g/mol. The predicted octanol–water partition coefficient (Wildman–Crippen LogP) is 4.07. The van der Waals surface area contributed by atoms with E-state index in [9.17, 15) is 28.1 Å². The molecule has 0 saturated heterocycles. The zero-order chi connectivity index (χ0) is 20.0. The standard InChI is InChI=1S/C18H18F3N3O3/c1-23(12-13-2-4-14(5-3-13)18(19,20)21)11-10-17(25)22-15-6-8-16(9-7-15)24(26)27/h2-9H,10-12H2,1H3,(H,22,25). The van der Waals surface area contributed by atoms with Crippen LogP contribution in [0.3, 0.4) is 0 Å². The molecule has 0 atom stereocenters. The Morgan fingerprint density at radius 1 is 1.11 bits per heavy atom. The minimum absolute atomic E-state index is 0.0655. The van der Waals surface area contributed by atoms with Gasteiger partial charge in [0.15, 0.2) is 0 Å². The van der Waals surface area contributed by atoms with E-state index in [1.54, 1.807) is 7.05 Å². The highest BCUT2D eigenvalue weighted by Gasteiger charge is 2.29. The summed E-state index contributed by atoms with van der Waals surface area (Å²) < 4.78 is 37.6. The van der Waals surface area contributed by atoms with Crippen LogP contribution in [0.15, 0.2) is 48.5 Å². The molecule has 0 aromatic heterocycles. The third kappa shape index (κ3) is 6.37. The number of nitro benzene ring substituents is 1. The van der Waals surface area contributed by atoms with Gasteiger partial charge in [0.1, 0.15) is 0 Å². The van der Waals surface area contributed by atoms with Crippen LogP contribution >= 0.6 is 0 Å². The molecule has 0 bridgehead atoms. The molecule has 0 fully saturated rings. The lowest BCUT2D eigenvalue weighted by atomic mass is 10.1. The third-order valence-electron chi connectivity index (χ3n) is 3.82. The summed E-state index contributed by atoms with van der Waals surface area (Å²) in [5.74, 6) is -0.261. The molecule has 0 unspecified atom stereocenters. The van der Waals surface area contributed by atoms with Gasteiger partial charge in [-0.2, -0.15) is 13.2 Å². The molecule has 1 amide bonds. The first-order valence-corrected chi connectivity index (χ1v) is 8.04. The Bertz CT molecular complexity index is 790. The molecular formula is C18H18F3N3O3. The average Bonchev–Trinajstić information content (AvgIpc) is 2.60. The third-order valence-corrected chi connectivity index (χ3v) is 3.82. The molecule has 0 spiro atoms. The Morgan fingerprint density at radius 3 is 2.22 bits per heavy atom. The summed E-state index contributed by atoms with van der Waals surface area (Å²) >= 11 is 0. The molecule has 6 nitrogen and oxygen atoms in total. The maximum absolute atomic E-state index is 12.5. The van der Waals surface area contributed by atoms with Crippen LogP contribution in [0.4, 0.5) is 24.5 Å². The fourth-order valence-electron chi connectivity index (χ4n) is 2.37. The summed E-state index contributed by atoms with van der Waals surface area (Å²) in [4.78, 5) is 23.8. The van der Waals surface area contributed by atoms with E-state index in [1.807, 2.05) is 4.90 Å².